The van der Waals surface area contributed by atoms with Gasteiger partial charge in [-0.15, -0.1) is 0 Å². The molecule has 0 aliphatic rings. The second-order valence-electron chi connectivity index (χ2n) is 5.24. The van der Waals surface area contributed by atoms with Gasteiger partial charge in [0.25, 0.3) is 0 Å². The van der Waals surface area contributed by atoms with E-state index in [4.69, 9.17) is 19.7 Å². The topological polar surface area (TPSA) is 58.9 Å². The molecule has 2 aromatic carbocycles. The molecule has 2 rings (SSSR count). The first kappa shape index (κ1) is 17.3. The minimum absolute atomic E-state index is 0.0179. The molecule has 0 unspecified atom stereocenters. The zero-order valence-electron chi connectivity index (χ0n) is 13.4. The van der Waals surface area contributed by atoms with E-state index in [0.29, 0.717) is 19.1 Å². The van der Waals surface area contributed by atoms with E-state index in [9.17, 15) is 0 Å². The molecule has 0 spiro atoms. The Hall–Kier alpha value is -2.04. The van der Waals surface area contributed by atoms with Gasteiger partial charge in [-0.25, -0.2) is 0 Å². The average Bonchev–Trinajstić information content (AvgIpc) is 2.61. The summed E-state index contributed by atoms with van der Waals surface area (Å²) >= 11 is 0. The average molecular weight is 316 g/mol. The van der Waals surface area contributed by atoms with Gasteiger partial charge in [0.2, 0.25) is 0 Å². The lowest BCUT2D eigenvalue weighted by Crippen LogP contribution is -2.04. The van der Waals surface area contributed by atoms with Crippen LogP contribution in [0.3, 0.4) is 0 Å². The third-order valence-electron chi connectivity index (χ3n) is 3.69. The Morgan fingerprint density at radius 2 is 1.13 bits per heavy atom. The molecule has 4 nitrogen and oxygen atoms in total. The number of ether oxygens (including phenoxy) is 2. The molecule has 0 aliphatic carbocycles. The molecule has 0 heterocycles. The van der Waals surface area contributed by atoms with Gasteiger partial charge in [0.15, 0.2) is 0 Å². The Balaban J connectivity index is 2.09. The van der Waals surface area contributed by atoms with Gasteiger partial charge in [-0.05, 0) is 41.8 Å². The summed E-state index contributed by atoms with van der Waals surface area (Å²) in [5.41, 5.74) is 2.46. The minimum atomic E-state index is 0.0179. The van der Waals surface area contributed by atoms with Crippen LogP contribution in [0.5, 0.6) is 11.5 Å². The summed E-state index contributed by atoms with van der Waals surface area (Å²) in [6, 6.07) is 16.0. The van der Waals surface area contributed by atoms with Crippen LogP contribution >= 0.6 is 0 Å². The zero-order chi connectivity index (χ0) is 16.5. The summed E-state index contributed by atoms with van der Waals surface area (Å²) in [7, 11) is 0. The van der Waals surface area contributed by atoms with E-state index in [1.165, 1.54) is 11.1 Å². The molecule has 0 saturated heterocycles. The van der Waals surface area contributed by atoms with Gasteiger partial charge in [0.05, 0.1) is 13.2 Å². The van der Waals surface area contributed by atoms with E-state index < -0.39 is 0 Å². The molecule has 0 aliphatic heterocycles. The van der Waals surface area contributed by atoms with Gasteiger partial charge in [0.1, 0.15) is 24.7 Å². The van der Waals surface area contributed by atoms with Crippen LogP contribution in [0, 0.1) is 0 Å². The first-order valence-electron chi connectivity index (χ1n) is 7.95. The second kappa shape index (κ2) is 9.18. The molecule has 0 radical (unpaired) electrons. The van der Waals surface area contributed by atoms with E-state index in [1.54, 1.807) is 0 Å². The van der Waals surface area contributed by atoms with Crippen molar-refractivity contribution in [3.05, 3.63) is 59.7 Å². The van der Waals surface area contributed by atoms with Crippen molar-refractivity contribution < 1.29 is 19.7 Å². The maximum atomic E-state index is 8.78. The van der Waals surface area contributed by atoms with Crippen LogP contribution in [0.25, 0.3) is 0 Å². The van der Waals surface area contributed by atoms with Gasteiger partial charge >= 0.3 is 0 Å². The summed E-state index contributed by atoms with van der Waals surface area (Å²) in [6.07, 6.45) is 0.994. The molecule has 23 heavy (non-hydrogen) atoms. The van der Waals surface area contributed by atoms with E-state index in [1.807, 2.05) is 24.3 Å². The van der Waals surface area contributed by atoms with Gasteiger partial charge in [-0.3, -0.25) is 0 Å². The Labute approximate surface area is 137 Å². The number of aliphatic hydroxyl groups excluding tert-OH is 2. The first-order chi connectivity index (χ1) is 11.3. The number of benzene rings is 2. The Morgan fingerprint density at radius 1 is 0.739 bits per heavy atom. The quantitative estimate of drug-likeness (QED) is 0.747. The first-order valence-corrected chi connectivity index (χ1v) is 7.95. The highest BCUT2D eigenvalue weighted by Gasteiger charge is 2.12. The maximum absolute atomic E-state index is 8.78. The van der Waals surface area contributed by atoms with E-state index in [2.05, 4.69) is 31.2 Å². The highest BCUT2D eigenvalue weighted by atomic mass is 16.5. The van der Waals surface area contributed by atoms with Crippen LogP contribution in [-0.2, 0) is 0 Å². The highest BCUT2D eigenvalue weighted by molar-refractivity contribution is 5.38. The Bertz CT molecular complexity index is 511. The predicted octanol–water partition coefficient (Wildman–Crippen LogP) is 2.97. The van der Waals surface area contributed by atoms with Crippen molar-refractivity contribution >= 4 is 0 Å². The van der Waals surface area contributed by atoms with Crippen molar-refractivity contribution in [2.75, 3.05) is 26.4 Å². The van der Waals surface area contributed by atoms with E-state index in [0.717, 1.165) is 17.9 Å². The van der Waals surface area contributed by atoms with Crippen LogP contribution in [-0.4, -0.2) is 36.6 Å². The molecule has 0 fully saturated rings. The van der Waals surface area contributed by atoms with E-state index in [-0.39, 0.29) is 13.2 Å². The monoisotopic (exact) mass is 316 g/mol. The lowest BCUT2D eigenvalue weighted by molar-refractivity contribution is 0.201. The lowest BCUT2D eigenvalue weighted by Gasteiger charge is -2.17. The molecule has 124 valence electrons. The molecule has 0 saturated carbocycles. The standard InChI is InChI=1S/C19H24O4/c1-2-19(15-3-7-17(8-4-15)22-13-11-20)16-5-9-18(10-6-16)23-14-12-21/h3-10,19-21H,2,11-14H2,1H3. The Kier molecular flexibility index (Phi) is 6.91. The predicted molar refractivity (Wildman–Crippen MR) is 90.2 cm³/mol. The number of aliphatic hydroxyl groups is 2. The minimum Gasteiger partial charge on any atom is -0.491 e. The third kappa shape index (κ3) is 4.98. The summed E-state index contributed by atoms with van der Waals surface area (Å²) in [6.45, 7) is 2.82. The van der Waals surface area contributed by atoms with Crippen LogP contribution in [0.2, 0.25) is 0 Å². The number of rotatable bonds is 9. The van der Waals surface area contributed by atoms with Gasteiger partial charge in [-0.2, -0.15) is 0 Å². The van der Waals surface area contributed by atoms with Crippen LogP contribution in [0.15, 0.2) is 48.5 Å². The zero-order valence-corrected chi connectivity index (χ0v) is 13.4. The fourth-order valence-electron chi connectivity index (χ4n) is 2.58. The molecule has 0 aromatic heterocycles. The molecule has 0 bridgehead atoms. The molecule has 2 aromatic rings. The summed E-state index contributed by atoms with van der Waals surface area (Å²) in [5.74, 6) is 1.85. The highest BCUT2D eigenvalue weighted by Crippen LogP contribution is 2.30. The van der Waals surface area contributed by atoms with Crippen LogP contribution in [0.1, 0.15) is 30.4 Å². The number of hydrogen-bond donors (Lipinski definition) is 2. The molecule has 4 heteroatoms. The van der Waals surface area contributed by atoms with Gasteiger partial charge in [0, 0.05) is 5.92 Å². The molecular formula is C19H24O4. The summed E-state index contributed by atoms with van der Waals surface area (Å²) in [4.78, 5) is 0. The van der Waals surface area contributed by atoms with Crippen molar-refractivity contribution in [2.24, 2.45) is 0 Å². The Morgan fingerprint density at radius 3 is 1.43 bits per heavy atom. The maximum Gasteiger partial charge on any atom is 0.119 e. The summed E-state index contributed by atoms with van der Waals surface area (Å²) < 4.78 is 10.8. The SMILES string of the molecule is CCC(c1ccc(OCCO)cc1)c1ccc(OCCO)cc1. The third-order valence-corrected chi connectivity index (χ3v) is 3.69. The molecule has 0 atom stereocenters. The van der Waals surface area contributed by atoms with Crippen molar-refractivity contribution in [1.29, 1.82) is 0 Å². The van der Waals surface area contributed by atoms with Crippen molar-refractivity contribution in [3.8, 4) is 11.5 Å². The van der Waals surface area contributed by atoms with Gasteiger partial charge < -0.3 is 19.7 Å². The fraction of sp³-hybridized carbons (Fsp3) is 0.368. The molecular weight excluding hydrogens is 292 g/mol. The normalized spacial score (nSPS) is 10.8. The fourth-order valence-corrected chi connectivity index (χ4v) is 2.58. The largest absolute Gasteiger partial charge is 0.491 e. The van der Waals surface area contributed by atoms with Crippen molar-refractivity contribution in [2.45, 2.75) is 19.3 Å². The number of hydrogen-bond acceptors (Lipinski definition) is 4. The van der Waals surface area contributed by atoms with Crippen molar-refractivity contribution in [3.63, 3.8) is 0 Å². The molecule has 2 N–H and O–H groups in total. The smallest absolute Gasteiger partial charge is 0.119 e. The van der Waals surface area contributed by atoms with E-state index >= 15 is 0 Å². The van der Waals surface area contributed by atoms with Gasteiger partial charge in [-0.1, -0.05) is 31.2 Å². The second-order valence-corrected chi connectivity index (χ2v) is 5.24. The summed E-state index contributed by atoms with van der Waals surface area (Å²) in [5, 5.41) is 17.6. The van der Waals surface area contributed by atoms with Crippen molar-refractivity contribution in [1.82, 2.24) is 0 Å². The van der Waals surface area contributed by atoms with Crippen LogP contribution in [0.4, 0.5) is 0 Å². The molecule has 0 amide bonds. The van der Waals surface area contributed by atoms with Crippen LogP contribution < -0.4 is 9.47 Å². The lowest BCUT2D eigenvalue weighted by atomic mass is 9.89.